The zero-order chi connectivity index (χ0) is 10.7. The Hall–Kier alpha value is -1.41. The Bertz CT molecular complexity index is 452. The van der Waals surface area contributed by atoms with Crippen molar-refractivity contribution in [3.05, 3.63) is 16.1 Å². The number of aromatic nitrogens is 4. The van der Waals surface area contributed by atoms with Crippen molar-refractivity contribution in [1.82, 2.24) is 19.8 Å². The number of amides is 1. The number of nitrogens with zero attached hydrogens (tertiary/aromatic N) is 4. The largest absolute Gasteiger partial charge is 0.295 e. The molecule has 2 aromatic rings. The second-order valence-corrected chi connectivity index (χ2v) is 4.27. The third-order valence-electron chi connectivity index (χ3n) is 1.58. The average Bonchev–Trinajstić information content (AvgIpc) is 2.87. The van der Waals surface area contributed by atoms with Crippen LogP contribution in [0.1, 0.15) is 22.4 Å². The van der Waals surface area contributed by atoms with Crippen LogP contribution >= 0.6 is 22.9 Å². The molecule has 2 heterocycles. The summed E-state index contributed by atoms with van der Waals surface area (Å²) in [6.45, 7) is 1.98. The van der Waals surface area contributed by atoms with Crippen molar-refractivity contribution in [3.63, 3.8) is 0 Å². The third-order valence-corrected chi connectivity index (χ3v) is 3.07. The Morgan fingerprint density at radius 3 is 2.93 bits per heavy atom. The van der Waals surface area contributed by atoms with Crippen molar-refractivity contribution in [2.45, 2.75) is 13.3 Å². The highest BCUT2D eigenvalue weighted by molar-refractivity contribution is 7.15. The molecule has 2 rings (SSSR count). The second kappa shape index (κ2) is 4.41. The standard InChI is InChI=1S/C7H7N5OS2/c1-2-5-10-11-7(15-5)8-6(13)4-3-14-12-9-4/h3H,2H2,1H3,(H,8,11,13). The maximum Gasteiger partial charge on any atom is 0.278 e. The number of hydrogen-bond donors (Lipinski definition) is 1. The van der Waals surface area contributed by atoms with Gasteiger partial charge in [0.15, 0.2) is 5.69 Å². The van der Waals surface area contributed by atoms with E-state index >= 15 is 0 Å². The summed E-state index contributed by atoms with van der Waals surface area (Å²) in [5.41, 5.74) is 0.299. The fourth-order valence-corrected chi connectivity index (χ4v) is 1.98. The summed E-state index contributed by atoms with van der Waals surface area (Å²) in [4.78, 5) is 11.5. The molecule has 2 aromatic heterocycles. The monoisotopic (exact) mass is 241 g/mol. The van der Waals surface area contributed by atoms with Crippen LogP contribution in [0.2, 0.25) is 0 Å². The molecule has 0 aliphatic carbocycles. The maximum absolute atomic E-state index is 11.5. The topological polar surface area (TPSA) is 80.7 Å². The van der Waals surface area contributed by atoms with Crippen molar-refractivity contribution in [2.75, 3.05) is 5.32 Å². The summed E-state index contributed by atoms with van der Waals surface area (Å²) in [6.07, 6.45) is 0.811. The fraction of sp³-hybridized carbons (Fsp3) is 0.286. The molecule has 0 unspecified atom stereocenters. The maximum atomic E-state index is 11.5. The molecule has 0 aromatic carbocycles. The van der Waals surface area contributed by atoms with E-state index < -0.39 is 0 Å². The third kappa shape index (κ3) is 2.34. The van der Waals surface area contributed by atoms with Crippen LogP contribution < -0.4 is 5.32 Å². The molecule has 0 bridgehead atoms. The van der Waals surface area contributed by atoms with Crippen LogP contribution in [0.15, 0.2) is 5.38 Å². The van der Waals surface area contributed by atoms with Gasteiger partial charge in [-0.2, -0.15) is 0 Å². The van der Waals surface area contributed by atoms with Crippen molar-refractivity contribution >= 4 is 33.9 Å². The van der Waals surface area contributed by atoms with Gasteiger partial charge in [-0.1, -0.05) is 22.7 Å². The van der Waals surface area contributed by atoms with Crippen LogP contribution in [0.5, 0.6) is 0 Å². The van der Waals surface area contributed by atoms with Crippen LogP contribution in [-0.4, -0.2) is 25.7 Å². The molecule has 0 aliphatic rings. The highest BCUT2D eigenvalue weighted by Crippen LogP contribution is 2.16. The van der Waals surface area contributed by atoms with E-state index in [1.54, 1.807) is 5.38 Å². The quantitative estimate of drug-likeness (QED) is 0.873. The minimum atomic E-state index is -0.303. The van der Waals surface area contributed by atoms with Crippen LogP contribution in [-0.2, 0) is 6.42 Å². The molecular weight excluding hydrogens is 234 g/mol. The first kappa shape index (κ1) is 10.1. The molecule has 78 valence electrons. The predicted octanol–water partition coefficient (Wildman–Crippen LogP) is 1.20. The number of aryl methyl sites for hydroxylation is 1. The lowest BCUT2D eigenvalue weighted by molar-refractivity contribution is 0.102. The van der Waals surface area contributed by atoms with E-state index in [-0.39, 0.29) is 5.91 Å². The molecule has 15 heavy (non-hydrogen) atoms. The first-order chi connectivity index (χ1) is 7.29. The van der Waals surface area contributed by atoms with E-state index in [2.05, 4.69) is 25.1 Å². The smallest absolute Gasteiger partial charge is 0.278 e. The van der Waals surface area contributed by atoms with E-state index in [1.165, 1.54) is 11.3 Å². The summed E-state index contributed by atoms with van der Waals surface area (Å²) >= 11 is 2.49. The predicted molar refractivity (Wildman–Crippen MR) is 57.1 cm³/mol. The molecule has 0 saturated carbocycles. The highest BCUT2D eigenvalue weighted by Gasteiger charge is 2.11. The van der Waals surface area contributed by atoms with Gasteiger partial charge in [0.1, 0.15) is 5.01 Å². The zero-order valence-electron chi connectivity index (χ0n) is 7.80. The summed E-state index contributed by atoms with van der Waals surface area (Å²) in [5.74, 6) is -0.303. The van der Waals surface area contributed by atoms with Gasteiger partial charge >= 0.3 is 0 Å². The van der Waals surface area contributed by atoms with Crippen LogP contribution in [0, 0.1) is 0 Å². The molecule has 0 spiro atoms. The highest BCUT2D eigenvalue weighted by atomic mass is 32.1. The molecule has 8 heteroatoms. The van der Waals surface area contributed by atoms with Crippen molar-refractivity contribution in [3.8, 4) is 0 Å². The lowest BCUT2D eigenvalue weighted by atomic mass is 10.5. The molecule has 0 radical (unpaired) electrons. The number of anilines is 1. The molecule has 1 amide bonds. The SMILES string of the molecule is CCc1nnc(NC(=O)c2csnn2)s1. The molecule has 0 atom stereocenters. The molecule has 6 nitrogen and oxygen atoms in total. The lowest BCUT2D eigenvalue weighted by Crippen LogP contribution is -2.12. The number of rotatable bonds is 3. The first-order valence-corrected chi connectivity index (χ1v) is 5.85. The Kier molecular flexibility index (Phi) is 2.97. The van der Waals surface area contributed by atoms with E-state index in [1.807, 2.05) is 6.92 Å². The van der Waals surface area contributed by atoms with Gasteiger partial charge in [0.05, 0.1) is 0 Å². The van der Waals surface area contributed by atoms with Gasteiger partial charge in [-0.25, -0.2) is 0 Å². The zero-order valence-corrected chi connectivity index (χ0v) is 9.43. The van der Waals surface area contributed by atoms with Gasteiger partial charge < -0.3 is 0 Å². The molecule has 1 N–H and O–H groups in total. The van der Waals surface area contributed by atoms with Crippen LogP contribution in [0.4, 0.5) is 5.13 Å². The van der Waals surface area contributed by atoms with Crippen LogP contribution in [0.25, 0.3) is 0 Å². The van der Waals surface area contributed by atoms with E-state index in [4.69, 9.17) is 0 Å². The van der Waals surface area contributed by atoms with E-state index in [0.29, 0.717) is 10.8 Å². The summed E-state index contributed by atoms with van der Waals surface area (Å²) < 4.78 is 3.60. The van der Waals surface area contributed by atoms with E-state index in [9.17, 15) is 4.79 Å². The first-order valence-electron chi connectivity index (χ1n) is 4.20. The second-order valence-electron chi connectivity index (χ2n) is 2.60. The van der Waals surface area contributed by atoms with Gasteiger partial charge in [-0.15, -0.1) is 15.3 Å². The van der Waals surface area contributed by atoms with Crippen molar-refractivity contribution in [2.24, 2.45) is 0 Å². The Morgan fingerprint density at radius 2 is 2.33 bits per heavy atom. The minimum absolute atomic E-state index is 0.299. The number of carbonyl (C=O) groups is 1. The Balaban J connectivity index is 2.06. The van der Waals surface area contributed by atoms with Gasteiger partial charge in [-0.05, 0) is 18.0 Å². The van der Waals surface area contributed by atoms with Gasteiger partial charge in [0.25, 0.3) is 5.91 Å². The van der Waals surface area contributed by atoms with Crippen molar-refractivity contribution < 1.29 is 4.79 Å². The van der Waals surface area contributed by atoms with Gasteiger partial charge in [-0.3, -0.25) is 10.1 Å². The van der Waals surface area contributed by atoms with Crippen LogP contribution in [0.3, 0.4) is 0 Å². The minimum Gasteiger partial charge on any atom is -0.295 e. The molecular formula is C7H7N5OS2. The number of carbonyl (C=O) groups excluding carboxylic acids is 1. The van der Waals surface area contributed by atoms with Gasteiger partial charge in [0.2, 0.25) is 5.13 Å². The average molecular weight is 241 g/mol. The Labute approximate surface area is 93.5 Å². The lowest BCUT2D eigenvalue weighted by Gasteiger charge is -1.94. The summed E-state index contributed by atoms with van der Waals surface area (Å²) in [6, 6.07) is 0. The number of nitrogens with one attached hydrogen (secondary N) is 1. The molecule has 0 saturated heterocycles. The van der Waals surface area contributed by atoms with Crippen molar-refractivity contribution in [1.29, 1.82) is 0 Å². The van der Waals surface area contributed by atoms with E-state index in [0.717, 1.165) is 23.0 Å². The summed E-state index contributed by atoms with van der Waals surface area (Å²) in [7, 11) is 0. The van der Waals surface area contributed by atoms with Gasteiger partial charge in [0, 0.05) is 5.38 Å². The molecule has 0 aliphatic heterocycles. The number of hydrogen-bond acceptors (Lipinski definition) is 7. The summed E-state index contributed by atoms with van der Waals surface area (Å²) in [5, 5.41) is 16.9. The molecule has 0 fully saturated rings. The normalized spacial score (nSPS) is 10.2. The Morgan fingerprint density at radius 1 is 1.47 bits per heavy atom. The fourth-order valence-electron chi connectivity index (χ4n) is 0.872.